The Bertz CT molecular complexity index is 685. The van der Waals surface area contributed by atoms with Crippen LogP contribution in [0.4, 0.5) is 0 Å². The van der Waals surface area contributed by atoms with E-state index in [1.54, 1.807) is 0 Å². The van der Waals surface area contributed by atoms with Gasteiger partial charge in [-0.15, -0.1) is 0 Å². The highest BCUT2D eigenvalue weighted by Gasteiger charge is 2.08. The Morgan fingerprint density at radius 3 is 2.23 bits per heavy atom. The molecule has 112 valence electrons. The number of hydrogen-bond donors (Lipinski definition) is 0. The minimum Gasteiger partial charge on any atom is -0.496 e. The van der Waals surface area contributed by atoms with Gasteiger partial charge in [0.15, 0.2) is 0 Å². The van der Waals surface area contributed by atoms with Gasteiger partial charge in [0.25, 0.3) is 0 Å². The average Bonchev–Trinajstić information content (AvgIpc) is 2.59. The van der Waals surface area contributed by atoms with E-state index in [1.165, 1.54) is 20.3 Å². The molecule has 0 fully saturated rings. The van der Waals surface area contributed by atoms with Crippen LogP contribution in [-0.2, 0) is 14.3 Å². The molecular formula is C19H18O3. The maximum Gasteiger partial charge on any atom is 0.334 e. The smallest absolute Gasteiger partial charge is 0.334 e. The van der Waals surface area contributed by atoms with Crippen LogP contribution >= 0.6 is 0 Å². The fraction of sp³-hybridized carbons (Fsp3) is 0.105. The minimum absolute atomic E-state index is 0.446. The molecule has 22 heavy (non-hydrogen) atoms. The lowest BCUT2D eigenvalue weighted by Crippen LogP contribution is -1.99. The Morgan fingerprint density at radius 2 is 1.55 bits per heavy atom. The maximum atomic E-state index is 11.4. The van der Waals surface area contributed by atoms with Gasteiger partial charge in [-0.3, -0.25) is 0 Å². The van der Waals surface area contributed by atoms with Crippen LogP contribution < -0.4 is 0 Å². The van der Waals surface area contributed by atoms with Crippen molar-refractivity contribution in [1.29, 1.82) is 0 Å². The lowest BCUT2D eigenvalue weighted by molar-refractivity contribution is -0.134. The van der Waals surface area contributed by atoms with Gasteiger partial charge in [-0.2, -0.15) is 0 Å². The molecule has 0 heterocycles. The van der Waals surface area contributed by atoms with E-state index in [1.807, 2.05) is 66.7 Å². The molecule has 3 nitrogen and oxygen atoms in total. The molecule has 3 heteroatoms. The number of methoxy groups -OCH3 is 2. The van der Waals surface area contributed by atoms with Crippen LogP contribution in [0.5, 0.6) is 0 Å². The topological polar surface area (TPSA) is 35.5 Å². The summed E-state index contributed by atoms with van der Waals surface area (Å²) in [6, 6.07) is 17.7. The van der Waals surface area contributed by atoms with Crippen molar-refractivity contribution < 1.29 is 14.3 Å². The summed E-state index contributed by atoms with van der Waals surface area (Å²) in [4.78, 5) is 11.4. The first-order valence-corrected chi connectivity index (χ1v) is 6.90. The van der Waals surface area contributed by atoms with Gasteiger partial charge in [0.1, 0.15) is 5.76 Å². The summed E-state index contributed by atoms with van der Waals surface area (Å²) in [6.07, 6.45) is 5.36. The van der Waals surface area contributed by atoms with E-state index in [0.29, 0.717) is 5.76 Å². The molecule has 2 aromatic rings. The van der Waals surface area contributed by atoms with Gasteiger partial charge in [-0.25, -0.2) is 4.79 Å². The molecule has 0 N–H and O–H groups in total. The first-order valence-electron chi connectivity index (χ1n) is 6.90. The quantitative estimate of drug-likeness (QED) is 0.362. The van der Waals surface area contributed by atoms with Crippen LogP contribution in [0.25, 0.3) is 17.9 Å². The van der Waals surface area contributed by atoms with Crippen molar-refractivity contribution in [3.63, 3.8) is 0 Å². The molecule has 0 amide bonds. The van der Waals surface area contributed by atoms with Crippen LogP contribution in [-0.4, -0.2) is 20.2 Å². The van der Waals surface area contributed by atoms with Crippen molar-refractivity contribution >= 4 is 23.9 Å². The van der Waals surface area contributed by atoms with Crippen LogP contribution in [0.15, 0.2) is 60.7 Å². The standard InChI is InChI=1S/C19H18O3/c1-21-18(14-19(20)22-2)17-11-7-6-10-16(17)13-12-15-8-4-3-5-9-15/h3-14H,1-2H3/b13-12+,18-14-. The largest absolute Gasteiger partial charge is 0.496 e. The van der Waals surface area contributed by atoms with Gasteiger partial charge in [-0.05, 0) is 11.1 Å². The molecule has 0 saturated heterocycles. The summed E-state index contributed by atoms with van der Waals surface area (Å²) in [7, 11) is 2.87. The normalized spacial score (nSPS) is 11.5. The third kappa shape index (κ3) is 4.09. The molecule has 0 aliphatic rings. The van der Waals surface area contributed by atoms with Crippen molar-refractivity contribution in [2.45, 2.75) is 0 Å². The van der Waals surface area contributed by atoms with Crippen molar-refractivity contribution in [3.8, 4) is 0 Å². The zero-order chi connectivity index (χ0) is 15.8. The van der Waals surface area contributed by atoms with Gasteiger partial charge >= 0.3 is 5.97 Å². The summed E-state index contributed by atoms with van der Waals surface area (Å²) in [5, 5.41) is 0. The predicted molar refractivity (Wildman–Crippen MR) is 88.8 cm³/mol. The molecule has 0 aliphatic carbocycles. The number of carbonyl (C=O) groups is 1. The molecule has 2 rings (SSSR count). The maximum absolute atomic E-state index is 11.4. The second-order valence-electron chi connectivity index (χ2n) is 4.57. The molecule has 0 spiro atoms. The average molecular weight is 294 g/mol. The molecule has 2 aromatic carbocycles. The molecule has 0 bridgehead atoms. The van der Waals surface area contributed by atoms with Crippen molar-refractivity contribution in [3.05, 3.63) is 77.4 Å². The highest BCUT2D eigenvalue weighted by molar-refractivity contribution is 5.91. The number of ether oxygens (including phenoxy) is 2. The first-order chi connectivity index (χ1) is 10.7. The number of carbonyl (C=O) groups excluding carboxylic acids is 1. The first kappa shape index (κ1) is 15.6. The Balaban J connectivity index is 2.36. The molecule has 0 radical (unpaired) electrons. The van der Waals surface area contributed by atoms with E-state index in [2.05, 4.69) is 4.74 Å². The molecular weight excluding hydrogens is 276 g/mol. The monoisotopic (exact) mass is 294 g/mol. The second kappa shape index (κ2) is 7.84. The molecule has 0 atom stereocenters. The summed E-state index contributed by atoms with van der Waals surface area (Å²) in [5.41, 5.74) is 2.90. The SMILES string of the molecule is COC(=O)/C=C(\OC)c1ccccc1/C=C/c1ccccc1. The Hall–Kier alpha value is -2.81. The Labute approximate surface area is 130 Å². The van der Waals surface area contributed by atoms with Gasteiger partial charge in [0.2, 0.25) is 0 Å². The fourth-order valence-electron chi connectivity index (χ4n) is 2.03. The Morgan fingerprint density at radius 1 is 0.864 bits per heavy atom. The van der Waals surface area contributed by atoms with Gasteiger partial charge in [0, 0.05) is 5.56 Å². The van der Waals surface area contributed by atoms with Crippen LogP contribution in [0.1, 0.15) is 16.7 Å². The third-order valence-electron chi connectivity index (χ3n) is 3.15. The number of benzene rings is 2. The van der Waals surface area contributed by atoms with Crippen LogP contribution in [0.2, 0.25) is 0 Å². The lowest BCUT2D eigenvalue weighted by Gasteiger charge is -2.09. The Kier molecular flexibility index (Phi) is 5.55. The van der Waals surface area contributed by atoms with E-state index in [0.717, 1.165) is 16.7 Å². The van der Waals surface area contributed by atoms with Crippen molar-refractivity contribution in [2.75, 3.05) is 14.2 Å². The molecule has 0 aliphatic heterocycles. The number of hydrogen-bond acceptors (Lipinski definition) is 3. The summed E-state index contributed by atoms with van der Waals surface area (Å²) < 4.78 is 9.99. The van der Waals surface area contributed by atoms with E-state index < -0.39 is 5.97 Å². The van der Waals surface area contributed by atoms with Gasteiger partial charge in [0.05, 0.1) is 20.3 Å². The van der Waals surface area contributed by atoms with Gasteiger partial charge < -0.3 is 9.47 Å². The summed E-state index contributed by atoms with van der Waals surface area (Å²) in [6.45, 7) is 0. The molecule has 0 aromatic heterocycles. The number of rotatable bonds is 5. The predicted octanol–water partition coefficient (Wildman–Crippen LogP) is 4.02. The minimum atomic E-state index is -0.446. The van der Waals surface area contributed by atoms with Crippen LogP contribution in [0.3, 0.4) is 0 Å². The molecule has 0 saturated carbocycles. The highest BCUT2D eigenvalue weighted by atomic mass is 16.5. The second-order valence-corrected chi connectivity index (χ2v) is 4.57. The zero-order valence-corrected chi connectivity index (χ0v) is 12.7. The zero-order valence-electron chi connectivity index (χ0n) is 12.7. The fourth-order valence-corrected chi connectivity index (χ4v) is 2.03. The molecule has 0 unspecified atom stereocenters. The van der Waals surface area contributed by atoms with E-state index in [9.17, 15) is 4.79 Å². The van der Waals surface area contributed by atoms with E-state index in [4.69, 9.17) is 4.74 Å². The van der Waals surface area contributed by atoms with E-state index in [-0.39, 0.29) is 0 Å². The van der Waals surface area contributed by atoms with Gasteiger partial charge in [-0.1, -0.05) is 66.7 Å². The summed E-state index contributed by atoms with van der Waals surface area (Å²) in [5.74, 6) is 0.0267. The van der Waals surface area contributed by atoms with Crippen molar-refractivity contribution in [2.24, 2.45) is 0 Å². The highest BCUT2D eigenvalue weighted by Crippen LogP contribution is 2.22. The van der Waals surface area contributed by atoms with Crippen LogP contribution in [0, 0.1) is 0 Å². The summed E-state index contributed by atoms with van der Waals surface area (Å²) >= 11 is 0. The number of esters is 1. The third-order valence-corrected chi connectivity index (χ3v) is 3.15. The van der Waals surface area contributed by atoms with Crippen molar-refractivity contribution in [1.82, 2.24) is 0 Å². The van der Waals surface area contributed by atoms with E-state index >= 15 is 0 Å². The lowest BCUT2D eigenvalue weighted by atomic mass is 10.0.